The molecule has 3 rings (SSSR count). The maximum atomic E-state index is 12.4. The summed E-state index contributed by atoms with van der Waals surface area (Å²) in [6, 6.07) is 24.3. The molecule has 3 aromatic rings. The van der Waals surface area contributed by atoms with Gasteiger partial charge in [0.2, 0.25) is 0 Å². The highest BCUT2D eigenvalue weighted by Crippen LogP contribution is 2.18. The van der Waals surface area contributed by atoms with Crippen LogP contribution in [-0.4, -0.2) is 18.4 Å². The minimum atomic E-state index is -0.543. The first-order chi connectivity index (χ1) is 15.0. The molecule has 0 saturated carbocycles. The highest BCUT2D eigenvalue weighted by atomic mass is 35.5. The number of halogens is 1. The topological polar surface area (TPSA) is 91.2 Å². The summed E-state index contributed by atoms with van der Waals surface area (Å²) in [4.78, 5) is 24.4. The van der Waals surface area contributed by atoms with E-state index in [2.05, 4.69) is 10.6 Å². The molecule has 0 aliphatic heterocycles. The second-order valence-corrected chi connectivity index (χ2v) is 6.84. The Morgan fingerprint density at radius 1 is 0.935 bits per heavy atom. The van der Waals surface area contributed by atoms with Crippen molar-refractivity contribution in [3.8, 4) is 11.8 Å². The third kappa shape index (κ3) is 6.74. The average Bonchev–Trinajstić information content (AvgIpc) is 2.78. The van der Waals surface area contributed by atoms with Gasteiger partial charge in [0, 0.05) is 16.4 Å². The van der Waals surface area contributed by atoms with Gasteiger partial charge in [0.1, 0.15) is 17.4 Å². The Hall–Kier alpha value is -4.08. The third-order valence-electron chi connectivity index (χ3n) is 4.06. The van der Waals surface area contributed by atoms with Crippen LogP contribution in [-0.2, 0) is 9.59 Å². The molecule has 2 N–H and O–H groups in total. The molecular formula is C24H18ClN3O3. The predicted molar refractivity (Wildman–Crippen MR) is 121 cm³/mol. The fourth-order valence-electron chi connectivity index (χ4n) is 2.61. The number of benzene rings is 3. The second kappa shape index (κ2) is 10.6. The number of hydrogen-bond acceptors (Lipinski definition) is 4. The molecule has 0 atom stereocenters. The first kappa shape index (κ1) is 21.6. The van der Waals surface area contributed by atoms with Crippen LogP contribution in [0.5, 0.6) is 5.75 Å². The summed E-state index contributed by atoms with van der Waals surface area (Å²) in [5.74, 6) is -0.405. The summed E-state index contributed by atoms with van der Waals surface area (Å²) in [5, 5.41) is 15.3. The first-order valence-electron chi connectivity index (χ1n) is 9.30. The Morgan fingerprint density at radius 3 is 2.35 bits per heavy atom. The van der Waals surface area contributed by atoms with E-state index in [-0.39, 0.29) is 18.1 Å². The number of nitrogens with one attached hydrogen (secondary N) is 2. The molecule has 0 heterocycles. The maximum Gasteiger partial charge on any atom is 0.266 e. The quantitative estimate of drug-likeness (QED) is 0.411. The summed E-state index contributed by atoms with van der Waals surface area (Å²) in [6.07, 6.45) is 1.45. The van der Waals surface area contributed by atoms with Crippen LogP contribution in [0.1, 0.15) is 5.56 Å². The van der Waals surface area contributed by atoms with Gasteiger partial charge < -0.3 is 15.4 Å². The molecule has 0 unspecified atom stereocenters. The molecule has 0 aromatic heterocycles. The van der Waals surface area contributed by atoms with Gasteiger partial charge in [-0.1, -0.05) is 41.9 Å². The van der Waals surface area contributed by atoms with E-state index in [1.54, 1.807) is 60.7 Å². The maximum absolute atomic E-state index is 12.4. The van der Waals surface area contributed by atoms with Gasteiger partial charge in [-0.15, -0.1) is 0 Å². The number of nitriles is 1. The molecule has 0 aliphatic rings. The van der Waals surface area contributed by atoms with Crippen LogP contribution in [0.2, 0.25) is 5.02 Å². The van der Waals surface area contributed by atoms with Gasteiger partial charge in [-0.05, 0) is 60.2 Å². The normalized spacial score (nSPS) is 10.6. The molecule has 6 nitrogen and oxygen atoms in total. The van der Waals surface area contributed by atoms with Crippen LogP contribution >= 0.6 is 11.6 Å². The van der Waals surface area contributed by atoms with E-state index < -0.39 is 5.91 Å². The summed E-state index contributed by atoms with van der Waals surface area (Å²) in [5.41, 5.74) is 1.72. The molecule has 154 valence electrons. The van der Waals surface area contributed by atoms with Crippen molar-refractivity contribution >= 4 is 40.9 Å². The van der Waals surface area contributed by atoms with Gasteiger partial charge in [0.25, 0.3) is 11.8 Å². The summed E-state index contributed by atoms with van der Waals surface area (Å²) < 4.78 is 5.53. The molecule has 0 aliphatic carbocycles. The van der Waals surface area contributed by atoms with Crippen LogP contribution < -0.4 is 15.4 Å². The fraction of sp³-hybridized carbons (Fsp3) is 0.0417. The molecule has 3 aromatic carbocycles. The van der Waals surface area contributed by atoms with Crippen LogP contribution in [0.15, 0.2) is 84.4 Å². The number of para-hydroxylation sites is 1. The van der Waals surface area contributed by atoms with E-state index in [0.717, 1.165) is 0 Å². The number of hydrogen-bond donors (Lipinski definition) is 2. The largest absolute Gasteiger partial charge is 0.484 e. The van der Waals surface area contributed by atoms with E-state index in [1.165, 1.54) is 6.08 Å². The third-order valence-corrected chi connectivity index (χ3v) is 4.32. The highest BCUT2D eigenvalue weighted by molar-refractivity contribution is 6.30. The van der Waals surface area contributed by atoms with Gasteiger partial charge in [-0.3, -0.25) is 9.59 Å². The number of nitrogens with zero attached hydrogens (tertiary/aromatic N) is 1. The lowest BCUT2D eigenvalue weighted by Crippen LogP contribution is -2.20. The first-order valence-corrected chi connectivity index (χ1v) is 9.68. The van der Waals surface area contributed by atoms with Crippen LogP contribution in [0, 0.1) is 11.3 Å². The SMILES string of the molecule is N#C/C(=C/c1cccc(OCC(=O)Nc2ccccc2)c1)C(=O)Nc1ccc(Cl)cc1. The molecule has 0 bridgehead atoms. The zero-order chi connectivity index (χ0) is 22.1. The molecule has 2 amide bonds. The molecule has 0 saturated heterocycles. The Labute approximate surface area is 184 Å². The minimum Gasteiger partial charge on any atom is -0.484 e. The van der Waals surface area contributed by atoms with Crippen molar-refractivity contribution in [2.45, 2.75) is 0 Å². The van der Waals surface area contributed by atoms with Crippen molar-refractivity contribution in [3.05, 3.63) is 95.0 Å². The number of carbonyl (C=O) groups excluding carboxylic acids is 2. The summed E-state index contributed by atoms with van der Waals surface area (Å²) in [6.45, 7) is -0.176. The molecule has 7 heteroatoms. The summed E-state index contributed by atoms with van der Waals surface area (Å²) in [7, 11) is 0. The Bertz CT molecular complexity index is 1140. The van der Waals surface area contributed by atoms with Crippen molar-refractivity contribution in [2.24, 2.45) is 0 Å². The fourth-order valence-corrected chi connectivity index (χ4v) is 2.73. The number of anilines is 2. The molecule has 0 radical (unpaired) electrons. The predicted octanol–water partition coefficient (Wildman–Crippen LogP) is 4.90. The van der Waals surface area contributed by atoms with E-state index >= 15 is 0 Å². The second-order valence-electron chi connectivity index (χ2n) is 6.41. The Balaban J connectivity index is 1.63. The lowest BCUT2D eigenvalue weighted by Gasteiger charge is -2.08. The lowest BCUT2D eigenvalue weighted by molar-refractivity contribution is -0.118. The van der Waals surface area contributed by atoms with Crippen LogP contribution in [0.3, 0.4) is 0 Å². The van der Waals surface area contributed by atoms with E-state index in [0.29, 0.717) is 27.7 Å². The monoisotopic (exact) mass is 431 g/mol. The van der Waals surface area contributed by atoms with Gasteiger partial charge in [-0.25, -0.2) is 0 Å². The molecule has 0 fully saturated rings. The number of rotatable bonds is 7. The highest BCUT2D eigenvalue weighted by Gasteiger charge is 2.10. The number of amides is 2. The summed E-state index contributed by atoms with van der Waals surface area (Å²) >= 11 is 5.83. The zero-order valence-electron chi connectivity index (χ0n) is 16.3. The average molecular weight is 432 g/mol. The number of carbonyl (C=O) groups is 2. The van der Waals surface area contributed by atoms with Crippen molar-refractivity contribution in [2.75, 3.05) is 17.2 Å². The van der Waals surface area contributed by atoms with Gasteiger partial charge >= 0.3 is 0 Å². The van der Waals surface area contributed by atoms with Crippen LogP contribution in [0.25, 0.3) is 6.08 Å². The standard InChI is InChI=1S/C24H18ClN3O3/c25-19-9-11-21(12-10-19)28-24(30)18(15-26)13-17-5-4-8-22(14-17)31-16-23(29)27-20-6-2-1-3-7-20/h1-14H,16H2,(H,27,29)(H,28,30)/b18-13-. The Kier molecular flexibility index (Phi) is 7.41. The Morgan fingerprint density at radius 2 is 1.65 bits per heavy atom. The van der Waals surface area contributed by atoms with E-state index in [1.807, 2.05) is 24.3 Å². The lowest BCUT2D eigenvalue weighted by atomic mass is 10.1. The van der Waals surface area contributed by atoms with E-state index in [9.17, 15) is 14.9 Å². The molecule has 31 heavy (non-hydrogen) atoms. The molecule has 0 spiro atoms. The van der Waals surface area contributed by atoms with Crippen molar-refractivity contribution in [3.63, 3.8) is 0 Å². The van der Waals surface area contributed by atoms with Crippen LogP contribution in [0.4, 0.5) is 11.4 Å². The minimum absolute atomic E-state index is 0.0751. The van der Waals surface area contributed by atoms with Gasteiger partial charge in [-0.2, -0.15) is 5.26 Å². The van der Waals surface area contributed by atoms with Crippen molar-refractivity contribution in [1.29, 1.82) is 5.26 Å². The van der Waals surface area contributed by atoms with Crippen molar-refractivity contribution < 1.29 is 14.3 Å². The van der Waals surface area contributed by atoms with E-state index in [4.69, 9.17) is 16.3 Å². The zero-order valence-corrected chi connectivity index (χ0v) is 17.1. The smallest absolute Gasteiger partial charge is 0.266 e. The van der Waals surface area contributed by atoms with Crippen molar-refractivity contribution in [1.82, 2.24) is 0 Å². The van der Waals surface area contributed by atoms with Gasteiger partial charge in [0.15, 0.2) is 6.61 Å². The number of ether oxygens (including phenoxy) is 1. The molecular weight excluding hydrogens is 414 g/mol. The van der Waals surface area contributed by atoms with Gasteiger partial charge in [0.05, 0.1) is 0 Å².